The molecule has 0 N–H and O–H groups in total. The lowest BCUT2D eigenvalue weighted by Crippen LogP contribution is -2.51. The van der Waals surface area contributed by atoms with Crippen molar-refractivity contribution in [1.82, 2.24) is 0 Å². The fourth-order valence-corrected chi connectivity index (χ4v) is 7.88. The Kier molecular flexibility index (Phi) is 3.09. The standard InChI is InChI=1S/C22H32O2/c1-20-10-8-15(23)12-14(20)4-5-16-17-6-7-19(22(3)13-24-22)21(17,2)11-9-18(16)20/h12,16-19H,4-11,13H2,1-3H3/t16-,17-,18+,19-,20-,21-,22-/m0/s1. The van der Waals surface area contributed by atoms with Crippen LogP contribution in [0.25, 0.3) is 0 Å². The first-order chi connectivity index (χ1) is 11.4. The van der Waals surface area contributed by atoms with Gasteiger partial charge >= 0.3 is 0 Å². The van der Waals surface area contributed by atoms with Crippen LogP contribution in [0.3, 0.4) is 0 Å². The van der Waals surface area contributed by atoms with Crippen LogP contribution in [-0.2, 0) is 9.53 Å². The van der Waals surface area contributed by atoms with E-state index in [-0.39, 0.29) is 5.60 Å². The summed E-state index contributed by atoms with van der Waals surface area (Å²) in [5.41, 5.74) is 2.50. The molecule has 0 aromatic heterocycles. The maximum absolute atomic E-state index is 11.9. The SMILES string of the molecule is C[C@]12CC[C@@H]3[C@@H](CCC4=CC(=O)CC[C@@]43C)[C@@H]1CC[C@@H]2[C@]1(C)CO1. The molecule has 4 fully saturated rings. The Bertz CT molecular complexity index is 615. The Labute approximate surface area is 146 Å². The van der Waals surface area contributed by atoms with E-state index in [0.29, 0.717) is 16.6 Å². The van der Waals surface area contributed by atoms with E-state index in [1.54, 1.807) is 0 Å². The average molecular weight is 328 g/mol. The number of carbonyl (C=O) groups excluding carboxylic acids is 1. The maximum Gasteiger partial charge on any atom is 0.155 e. The molecule has 3 saturated carbocycles. The van der Waals surface area contributed by atoms with E-state index in [2.05, 4.69) is 20.8 Å². The molecule has 5 rings (SSSR count). The molecule has 1 heterocycles. The summed E-state index contributed by atoms with van der Waals surface area (Å²) in [4.78, 5) is 11.9. The van der Waals surface area contributed by atoms with E-state index < -0.39 is 0 Å². The highest BCUT2D eigenvalue weighted by atomic mass is 16.6. The summed E-state index contributed by atoms with van der Waals surface area (Å²) < 4.78 is 5.90. The minimum absolute atomic E-state index is 0.192. The summed E-state index contributed by atoms with van der Waals surface area (Å²) in [7, 11) is 0. The van der Waals surface area contributed by atoms with Crippen molar-refractivity contribution in [2.75, 3.05) is 6.61 Å². The lowest BCUT2D eigenvalue weighted by Gasteiger charge is -2.58. The molecule has 0 aromatic rings. The highest BCUT2D eigenvalue weighted by molar-refractivity contribution is 5.91. The van der Waals surface area contributed by atoms with E-state index >= 15 is 0 Å². The number of rotatable bonds is 1. The molecule has 0 aromatic carbocycles. The van der Waals surface area contributed by atoms with Crippen LogP contribution in [0, 0.1) is 34.5 Å². The molecule has 4 aliphatic carbocycles. The average Bonchev–Trinajstić information content (AvgIpc) is 3.17. The van der Waals surface area contributed by atoms with Gasteiger partial charge in [0, 0.05) is 6.42 Å². The van der Waals surface area contributed by atoms with Crippen molar-refractivity contribution in [3.8, 4) is 0 Å². The highest BCUT2D eigenvalue weighted by Gasteiger charge is 2.64. The van der Waals surface area contributed by atoms with Gasteiger partial charge in [-0.2, -0.15) is 0 Å². The van der Waals surface area contributed by atoms with Crippen LogP contribution in [0.4, 0.5) is 0 Å². The molecule has 0 unspecified atom stereocenters. The first-order valence-corrected chi connectivity index (χ1v) is 10.2. The van der Waals surface area contributed by atoms with E-state index in [1.165, 1.54) is 44.1 Å². The molecule has 0 spiro atoms. The third-order valence-corrected chi connectivity index (χ3v) is 9.30. The zero-order valence-corrected chi connectivity index (χ0v) is 15.6. The van der Waals surface area contributed by atoms with Gasteiger partial charge in [0.05, 0.1) is 12.2 Å². The number of carbonyl (C=O) groups is 1. The molecule has 1 aliphatic heterocycles. The number of hydrogen-bond donors (Lipinski definition) is 0. The number of fused-ring (bicyclic) bond motifs is 5. The fraction of sp³-hybridized carbons (Fsp3) is 0.864. The van der Waals surface area contributed by atoms with Crippen LogP contribution in [0.15, 0.2) is 11.6 Å². The Morgan fingerprint density at radius 1 is 1.00 bits per heavy atom. The lowest BCUT2D eigenvalue weighted by molar-refractivity contribution is -0.117. The van der Waals surface area contributed by atoms with Crippen molar-refractivity contribution in [2.45, 2.75) is 77.7 Å². The molecule has 0 bridgehead atoms. The number of epoxide rings is 1. The van der Waals surface area contributed by atoms with E-state index in [0.717, 1.165) is 43.1 Å². The molecular weight excluding hydrogens is 296 g/mol. The van der Waals surface area contributed by atoms with Crippen LogP contribution in [0.1, 0.15) is 72.1 Å². The molecule has 132 valence electrons. The molecular formula is C22H32O2. The highest BCUT2D eigenvalue weighted by Crippen LogP contribution is 2.69. The van der Waals surface area contributed by atoms with Gasteiger partial charge in [0.15, 0.2) is 5.78 Å². The first-order valence-electron chi connectivity index (χ1n) is 10.2. The van der Waals surface area contributed by atoms with Crippen molar-refractivity contribution in [1.29, 1.82) is 0 Å². The lowest BCUT2D eigenvalue weighted by atomic mass is 9.46. The fourth-order valence-electron chi connectivity index (χ4n) is 7.88. The second-order valence-corrected chi connectivity index (χ2v) is 10.2. The van der Waals surface area contributed by atoms with E-state index in [4.69, 9.17) is 4.74 Å². The van der Waals surface area contributed by atoms with Crippen LogP contribution >= 0.6 is 0 Å². The number of allylic oxidation sites excluding steroid dienone is 1. The third-order valence-electron chi connectivity index (χ3n) is 9.30. The Morgan fingerprint density at radius 3 is 2.54 bits per heavy atom. The Balaban J connectivity index is 1.47. The van der Waals surface area contributed by atoms with Gasteiger partial charge in [0.2, 0.25) is 0 Å². The summed E-state index contributed by atoms with van der Waals surface area (Å²) in [6, 6.07) is 0. The van der Waals surface area contributed by atoms with Crippen molar-refractivity contribution >= 4 is 5.78 Å². The van der Waals surface area contributed by atoms with Gasteiger partial charge in [-0.25, -0.2) is 0 Å². The van der Waals surface area contributed by atoms with Crippen LogP contribution in [0.5, 0.6) is 0 Å². The third kappa shape index (κ3) is 1.90. The number of hydrogen-bond acceptors (Lipinski definition) is 2. The topological polar surface area (TPSA) is 29.6 Å². The second kappa shape index (κ2) is 4.75. The maximum atomic E-state index is 11.9. The summed E-state index contributed by atoms with van der Waals surface area (Å²) in [5.74, 6) is 3.73. The van der Waals surface area contributed by atoms with E-state index in [1.807, 2.05) is 6.08 Å². The molecule has 2 heteroatoms. The predicted molar refractivity (Wildman–Crippen MR) is 94.6 cm³/mol. The van der Waals surface area contributed by atoms with Gasteiger partial charge in [-0.15, -0.1) is 0 Å². The minimum atomic E-state index is 0.192. The van der Waals surface area contributed by atoms with Crippen molar-refractivity contribution in [3.05, 3.63) is 11.6 Å². The summed E-state index contributed by atoms with van der Waals surface area (Å²) in [5, 5.41) is 0. The molecule has 24 heavy (non-hydrogen) atoms. The van der Waals surface area contributed by atoms with Gasteiger partial charge in [-0.3, -0.25) is 4.79 Å². The van der Waals surface area contributed by atoms with Crippen molar-refractivity contribution < 1.29 is 9.53 Å². The van der Waals surface area contributed by atoms with E-state index in [9.17, 15) is 4.79 Å². The number of ketones is 1. The van der Waals surface area contributed by atoms with Crippen molar-refractivity contribution in [2.24, 2.45) is 34.5 Å². The molecule has 7 atom stereocenters. The number of ether oxygens (including phenoxy) is 1. The van der Waals surface area contributed by atoms with Crippen LogP contribution < -0.4 is 0 Å². The van der Waals surface area contributed by atoms with Gasteiger partial charge in [-0.1, -0.05) is 19.4 Å². The molecule has 0 radical (unpaired) electrons. The Hall–Kier alpha value is -0.630. The zero-order chi connectivity index (χ0) is 16.7. The molecule has 0 amide bonds. The quantitative estimate of drug-likeness (QED) is 0.639. The summed E-state index contributed by atoms with van der Waals surface area (Å²) in [6.07, 6.45) is 11.9. The normalized spacial score (nSPS) is 56.1. The van der Waals surface area contributed by atoms with Gasteiger partial charge in [0.25, 0.3) is 0 Å². The summed E-state index contributed by atoms with van der Waals surface area (Å²) in [6.45, 7) is 8.42. The smallest absolute Gasteiger partial charge is 0.155 e. The summed E-state index contributed by atoms with van der Waals surface area (Å²) >= 11 is 0. The molecule has 1 saturated heterocycles. The minimum Gasteiger partial charge on any atom is -0.370 e. The molecule has 2 nitrogen and oxygen atoms in total. The van der Waals surface area contributed by atoms with Crippen LogP contribution in [-0.4, -0.2) is 18.0 Å². The Morgan fingerprint density at radius 2 is 1.79 bits per heavy atom. The van der Waals surface area contributed by atoms with Gasteiger partial charge in [-0.05, 0) is 92.4 Å². The molecule has 5 aliphatic rings. The zero-order valence-electron chi connectivity index (χ0n) is 15.6. The largest absolute Gasteiger partial charge is 0.370 e. The first kappa shape index (κ1) is 15.6. The van der Waals surface area contributed by atoms with Gasteiger partial charge < -0.3 is 4.74 Å². The van der Waals surface area contributed by atoms with Crippen molar-refractivity contribution in [3.63, 3.8) is 0 Å². The monoisotopic (exact) mass is 328 g/mol. The van der Waals surface area contributed by atoms with Gasteiger partial charge in [0.1, 0.15) is 0 Å². The van der Waals surface area contributed by atoms with Crippen LogP contribution in [0.2, 0.25) is 0 Å². The second-order valence-electron chi connectivity index (χ2n) is 10.2. The predicted octanol–water partition coefficient (Wildman–Crippen LogP) is 4.92.